The number of carboxylic acids is 1. The van der Waals surface area contributed by atoms with Crippen molar-refractivity contribution in [3.05, 3.63) is 52.1 Å². The van der Waals surface area contributed by atoms with Gasteiger partial charge in [-0.15, -0.1) is 0 Å². The number of carbonyl (C=O) groups excluding carboxylic acids is 4. The quantitative estimate of drug-likeness (QED) is 0.0498. The summed E-state index contributed by atoms with van der Waals surface area (Å²) in [5.74, 6) is -4.97. The molecule has 26 heteroatoms. The van der Waals surface area contributed by atoms with Crippen LogP contribution in [0.3, 0.4) is 0 Å². The monoisotopic (exact) mass is 1060 g/mol. The fourth-order valence-electron chi connectivity index (χ4n) is 13.8. The number of carbonyl (C=O) groups is 5. The predicted octanol–water partition coefficient (Wildman–Crippen LogP) is 3.85. The minimum absolute atomic E-state index is 0.0218. The zero-order valence-corrected chi connectivity index (χ0v) is 43.0. The van der Waals surface area contributed by atoms with Crippen LogP contribution in [0.15, 0.2) is 11.6 Å². The zero-order chi connectivity index (χ0) is 55.5. The first kappa shape index (κ1) is 59.4. The number of esters is 4. The lowest BCUT2D eigenvalue weighted by Crippen LogP contribution is -2.67. The minimum atomic E-state index is -2.22. The molecule has 0 amide bonds. The molecule has 4 saturated carbocycles. The molecule has 6 aliphatic rings. The van der Waals surface area contributed by atoms with E-state index in [1.54, 1.807) is 0 Å². The van der Waals surface area contributed by atoms with Crippen molar-refractivity contribution in [2.24, 2.45) is 50.2 Å². The Labute approximate surface area is 426 Å². The van der Waals surface area contributed by atoms with Crippen molar-refractivity contribution >= 4 is 29.8 Å². The maximum Gasteiger partial charge on any atom is 0.313 e. The summed E-state index contributed by atoms with van der Waals surface area (Å²) >= 11 is 0. The Balaban J connectivity index is 0.000000276. The van der Waals surface area contributed by atoms with Crippen LogP contribution >= 0.6 is 0 Å². The van der Waals surface area contributed by atoms with Crippen LogP contribution in [0.25, 0.3) is 0 Å². The maximum absolute atomic E-state index is 12.8. The molecule has 0 radical (unpaired) electrons. The van der Waals surface area contributed by atoms with Crippen LogP contribution < -0.4 is 0 Å². The van der Waals surface area contributed by atoms with E-state index in [2.05, 4.69) is 54.5 Å². The molecular formula is C48H72N4O22. The summed E-state index contributed by atoms with van der Waals surface area (Å²) < 4.78 is 25.1. The number of hydrogen-bond donors (Lipinski definition) is 4. The summed E-state index contributed by atoms with van der Waals surface area (Å²) in [5.41, 5.74) is 0.295. The van der Waals surface area contributed by atoms with Crippen LogP contribution in [0.4, 0.5) is 0 Å². The Morgan fingerprint density at radius 1 is 0.635 bits per heavy atom. The van der Waals surface area contributed by atoms with Gasteiger partial charge in [0.05, 0.1) is 12.2 Å². The van der Waals surface area contributed by atoms with Gasteiger partial charge in [-0.2, -0.15) is 0 Å². The average molecular weight is 1060 g/mol. The molecule has 0 aromatic heterocycles. The van der Waals surface area contributed by atoms with Crippen molar-refractivity contribution in [3.8, 4) is 0 Å². The van der Waals surface area contributed by atoms with Crippen LogP contribution in [-0.2, 0) is 47.7 Å². The third-order valence-corrected chi connectivity index (χ3v) is 17.9. The maximum atomic E-state index is 12.8. The minimum Gasteiger partial charge on any atom is -0.481 e. The summed E-state index contributed by atoms with van der Waals surface area (Å²) in [6.07, 6.45) is -3.83. The van der Waals surface area contributed by atoms with Crippen LogP contribution in [0, 0.1) is 90.7 Å². The fourth-order valence-corrected chi connectivity index (χ4v) is 13.8. The van der Waals surface area contributed by atoms with E-state index in [1.807, 2.05) is 0 Å². The number of nitrogens with zero attached hydrogens (tertiary/aromatic N) is 4. The van der Waals surface area contributed by atoms with E-state index in [4.69, 9.17) is 23.7 Å². The Bertz CT molecular complexity index is 2220. The van der Waals surface area contributed by atoms with Crippen molar-refractivity contribution in [2.75, 3.05) is 32.8 Å². The van der Waals surface area contributed by atoms with Gasteiger partial charge < -0.3 is 44.1 Å². The van der Waals surface area contributed by atoms with Crippen molar-refractivity contribution in [1.29, 1.82) is 0 Å². The van der Waals surface area contributed by atoms with E-state index in [0.29, 0.717) is 24.7 Å². The van der Waals surface area contributed by atoms with E-state index in [0.717, 1.165) is 44.9 Å². The Morgan fingerprint density at radius 2 is 1.14 bits per heavy atom. The summed E-state index contributed by atoms with van der Waals surface area (Å²) in [6, 6.07) is 0. The molecule has 1 aliphatic heterocycles. The number of allylic oxidation sites excluding steroid dienone is 2. The predicted molar refractivity (Wildman–Crippen MR) is 251 cm³/mol. The lowest BCUT2D eigenvalue weighted by Gasteiger charge is -2.71. The Kier molecular flexibility index (Phi) is 18.3. The van der Waals surface area contributed by atoms with E-state index in [9.17, 15) is 84.9 Å². The second-order valence-corrected chi connectivity index (χ2v) is 23.0. The molecule has 1 heterocycles. The van der Waals surface area contributed by atoms with Crippen molar-refractivity contribution < 1.29 is 87.8 Å². The van der Waals surface area contributed by atoms with Gasteiger partial charge in [0, 0.05) is 19.7 Å². The molecule has 74 heavy (non-hydrogen) atoms. The number of carboxylic acid groups (broad SMARTS) is 1. The smallest absolute Gasteiger partial charge is 0.313 e. The fraction of sp³-hybridized carbons (Fsp3) is 0.854. The van der Waals surface area contributed by atoms with Gasteiger partial charge in [0.25, 0.3) is 0 Å². The first-order valence-corrected chi connectivity index (χ1v) is 25.1. The van der Waals surface area contributed by atoms with Crippen LogP contribution in [0.1, 0.15) is 132 Å². The molecule has 0 aromatic carbocycles. The summed E-state index contributed by atoms with van der Waals surface area (Å²) in [5, 5.41) is 85.7. The molecular weight excluding hydrogens is 985 g/mol. The third-order valence-electron chi connectivity index (χ3n) is 17.9. The molecule has 26 nitrogen and oxygen atoms in total. The molecule has 1 saturated heterocycles. The number of aliphatic hydroxyl groups excluding tert-OH is 3. The van der Waals surface area contributed by atoms with Crippen molar-refractivity contribution in [2.45, 2.75) is 175 Å². The van der Waals surface area contributed by atoms with Crippen molar-refractivity contribution in [1.82, 2.24) is 0 Å². The number of aliphatic hydroxyl groups is 3. The molecule has 0 spiro atoms. The van der Waals surface area contributed by atoms with E-state index < -0.39 is 150 Å². The van der Waals surface area contributed by atoms with Gasteiger partial charge in [0.1, 0.15) is 43.8 Å². The molecule has 14 atom stereocenters. The number of rotatable bonds is 18. The Morgan fingerprint density at radius 3 is 1.65 bits per heavy atom. The second-order valence-electron chi connectivity index (χ2n) is 23.0. The van der Waals surface area contributed by atoms with E-state index in [-0.39, 0.29) is 39.1 Å². The second kappa shape index (κ2) is 22.8. The number of fused-ring (bicyclic) bond motifs is 7. The molecule has 6 rings (SSSR count). The van der Waals surface area contributed by atoms with Gasteiger partial charge in [0.15, 0.2) is 24.6 Å². The van der Waals surface area contributed by atoms with E-state index in [1.165, 1.54) is 5.57 Å². The topological polar surface area (TPSA) is 385 Å². The highest BCUT2D eigenvalue weighted by Crippen LogP contribution is 2.75. The Hall–Kier alpha value is -5.47. The largest absolute Gasteiger partial charge is 0.481 e. The summed E-state index contributed by atoms with van der Waals surface area (Å²) in [4.78, 5) is 100. The first-order valence-electron chi connectivity index (χ1n) is 25.1. The highest BCUT2D eigenvalue weighted by atomic mass is 16.7. The van der Waals surface area contributed by atoms with Gasteiger partial charge in [-0.05, 0) is 103 Å². The van der Waals surface area contributed by atoms with Crippen LogP contribution in [0.5, 0.6) is 0 Å². The number of hydrogen-bond acceptors (Lipinski definition) is 21. The van der Waals surface area contributed by atoms with Gasteiger partial charge in [-0.3, -0.25) is 64.4 Å². The van der Waals surface area contributed by atoms with Gasteiger partial charge in [-0.25, -0.2) is 0 Å². The van der Waals surface area contributed by atoms with Gasteiger partial charge in [-0.1, -0.05) is 60.1 Å². The molecule has 4 N–H and O–H groups in total. The van der Waals surface area contributed by atoms with Gasteiger partial charge in [0.2, 0.25) is 26.2 Å². The standard InChI is InChI=1S/C30H48O4.C18H24N4O18/c1-25(2)14-15-30(24(33)34)19(16-25)18-8-9-21-27(5)12-11-22(31)26(3,4)20(27)10-13-28(21,6)29(18,7)17-23(30)32;23-11(1-5-19(28)29)36-9-10-15(38-12(24)2-6-20(30)31)16(39-13(25)3-7-21(32)33)17(18(27)37-10)40-14(26)4-8-22(34)35/h8,19-23,31-32H,9-17H2,1-7H3,(H,33,34);10,15-18,27H,1-9H2. The zero-order valence-electron chi connectivity index (χ0n) is 43.0. The lowest BCUT2D eigenvalue weighted by atomic mass is 9.33. The molecule has 0 aromatic rings. The van der Waals surface area contributed by atoms with E-state index >= 15 is 0 Å². The lowest BCUT2D eigenvalue weighted by molar-refractivity contribution is -0.479. The van der Waals surface area contributed by atoms with Crippen LogP contribution in [-0.4, -0.2) is 146 Å². The average Bonchev–Trinajstić information content (AvgIpc) is 3.29. The van der Waals surface area contributed by atoms with Crippen molar-refractivity contribution in [3.63, 3.8) is 0 Å². The summed E-state index contributed by atoms with van der Waals surface area (Å²) in [7, 11) is 0. The molecule has 14 unspecified atom stereocenters. The highest BCUT2D eigenvalue weighted by Gasteiger charge is 2.71. The number of ether oxygens (including phenoxy) is 5. The number of aliphatic carboxylic acids is 1. The molecule has 0 bridgehead atoms. The van der Waals surface area contributed by atoms with Gasteiger partial charge >= 0.3 is 29.8 Å². The first-order chi connectivity index (χ1) is 34.2. The van der Waals surface area contributed by atoms with Crippen LogP contribution in [0.2, 0.25) is 0 Å². The number of nitro groups is 4. The molecule has 416 valence electrons. The highest BCUT2D eigenvalue weighted by molar-refractivity contribution is 5.78. The SMILES string of the molecule is CC1(C)CCC2(C(=O)O)C(O)CC3(C)C(=CCC4C5(C)CCC(O)C(C)(C)C5CCC43C)C2C1.O=C(CC[N+](=O)[O-])OCC1OC(O)C(OC(=O)CC[N+](=O)[O-])C(OC(=O)CC[N+](=O)[O-])C1OC(=O)CC[N+](=O)[O-]. The normalized spacial score (nSPS) is 36.4. The molecule has 5 aliphatic carbocycles. The summed E-state index contributed by atoms with van der Waals surface area (Å²) in [6.45, 7) is 11.9. The third kappa shape index (κ3) is 12.3. The molecule has 5 fully saturated rings.